The van der Waals surface area contributed by atoms with E-state index in [2.05, 4.69) is 6.92 Å². The third-order valence-corrected chi connectivity index (χ3v) is 6.05. The van der Waals surface area contributed by atoms with Crippen LogP contribution in [-0.4, -0.2) is 41.0 Å². The van der Waals surface area contributed by atoms with Crippen molar-refractivity contribution in [3.63, 3.8) is 0 Å². The van der Waals surface area contributed by atoms with Crippen LogP contribution >= 0.6 is 0 Å². The Morgan fingerprint density at radius 2 is 1.85 bits per heavy atom. The summed E-state index contributed by atoms with van der Waals surface area (Å²) in [5.74, 6) is 1.98. The van der Waals surface area contributed by atoms with Crippen molar-refractivity contribution in [1.29, 1.82) is 0 Å². The number of furan rings is 1. The molecule has 1 aromatic carbocycles. The van der Waals surface area contributed by atoms with Crippen molar-refractivity contribution in [3.8, 4) is 11.5 Å². The molecule has 1 aliphatic rings. The van der Waals surface area contributed by atoms with E-state index in [4.69, 9.17) is 13.9 Å². The number of fused-ring (bicyclic) bond motifs is 1. The summed E-state index contributed by atoms with van der Waals surface area (Å²) in [5.41, 5.74) is 0.927. The highest BCUT2D eigenvalue weighted by molar-refractivity contribution is 5.86. The van der Waals surface area contributed by atoms with Crippen LogP contribution in [0.15, 0.2) is 41.0 Å². The van der Waals surface area contributed by atoms with Crippen LogP contribution in [0.3, 0.4) is 0 Å². The second kappa shape index (κ2) is 11.8. The van der Waals surface area contributed by atoms with E-state index in [0.29, 0.717) is 30.3 Å². The molecule has 1 aromatic heterocycles. The first kappa shape index (κ1) is 24.7. The van der Waals surface area contributed by atoms with Gasteiger partial charge < -0.3 is 23.7 Å². The number of benzene rings is 1. The molecule has 0 radical (unpaired) electrons. The number of hydrogen-bond donors (Lipinski definition) is 0. The van der Waals surface area contributed by atoms with Gasteiger partial charge in [0.1, 0.15) is 12.3 Å². The fraction of sp³-hybridized carbons (Fsp3) is 0.538. The minimum atomic E-state index is -0.114. The van der Waals surface area contributed by atoms with Gasteiger partial charge in [0.25, 0.3) is 0 Å². The lowest BCUT2D eigenvalue weighted by Crippen LogP contribution is -2.47. The molecule has 0 saturated heterocycles. The molecule has 33 heavy (non-hydrogen) atoms. The first-order chi connectivity index (χ1) is 15.9. The maximum absolute atomic E-state index is 13.5. The van der Waals surface area contributed by atoms with Crippen molar-refractivity contribution in [2.45, 2.75) is 72.5 Å². The molecule has 0 spiro atoms. The Bertz CT molecular complexity index is 909. The molecule has 0 bridgehead atoms. The highest BCUT2D eigenvalue weighted by Crippen LogP contribution is 2.33. The lowest BCUT2D eigenvalue weighted by Gasteiger charge is -2.32. The molecule has 1 aliphatic heterocycles. The smallest absolute Gasteiger partial charge is 0.242 e. The van der Waals surface area contributed by atoms with E-state index in [1.807, 2.05) is 51.1 Å². The summed E-state index contributed by atoms with van der Waals surface area (Å²) in [6.07, 6.45) is 5.30. The van der Waals surface area contributed by atoms with Crippen LogP contribution in [0, 0.1) is 5.92 Å². The van der Waals surface area contributed by atoms with Gasteiger partial charge >= 0.3 is 0 Å². The Morgan fingerprint density at radius 1 is 1.06 bits per heavy atom. The van der Waals surface area contributed by atoms with Gasteiger partial charge in [-0.3, -0.25) is 9.59 Å². The molecule has 0 unspecified atom stereocenters. The fourth-order valence-electron chi connectivity index (χ4n) is 4.03. The van der Waals surface area contributed by atoms with Crippen molar-refractivity contribution in [3.05, 3.63) is 47.9 Å². The number of amides is 2. The van der Waals surface area contributed by atoms with Crippen molar-refractivity contribution in [1.82, 2.24) is 9.80 Å². The predicted octanol–water partition coefficient (Wildman–Crippen LogP) is 4.99. The van der Waals surface area contributed by atoms with Gasteiger partial charge in [-0.2, -0.15) is 0 Å². The topological polar surface area (TPSA) is 72.2 Å². The Hall–Kier alpha value is -2.96. The standard InChI is InChI=1S/C26H36N2O5/c1-5-7-9-21(6-2)26(30)28(19(3)4)17-25(29)27(16-22-10-8-13-31-22)15-20-11-12-23-24(14-20)33-18-32-23/h8,10-14,19,21H,5-7,9,15-18H2,1-4H3/t21-/m0/s1. The van der Waals surface area contributed by atoms with E-state index >= 15 is 0 Å². The number of rotatable bonds is 12. The summed E-state index contributed by atoms with van der Waals surface area (Å²) < 4.78 is 16.4. The normalized spacial score (nSPS) is 13.2. The number of carbonyl (C=O) groups is 2. The van der Waals surface area contributed by atoms with Gasteiger partial charge in [-0.1, -0.05) is 32.8 Å². The monoisotopic (exact) mass is 456 g/mol. The van der Waals surface area contributed by atoms with E-state index in [0.717, 1.165) is 31.2 Å². The van der Waals surface area contributed by atoms with Crippen LogP contribution in [0.4, 0.5) is 0 Å². The zero-order valence-electron chi connectivity index (χ0n) is 20.2. The van der Waals surface area contributed by atoms with Crippen molar-refractivity contribution in [2.24, 2.45) is 5.92 Å². The third kappa shape index (κ3) is 6.53. The van der Waals surface area contributed by atoms with Crippen molar-refractivity contribution >= 4 is 11.8 Å². The average molecular weight is 457 g/mol. The van der Waals surface area contributed by atoms with Crippen LogP contribution in [0.2, 0.25) is 0 Å². The Kier molecular flexibility index (Phi) is 8.80. The van der Waals surface area contributed by atoms with Gasteiger partial charge in [-0.15, -0.1) is 0 Å². The van der Waals surface area contributed by atoms with E-state index in [9.17, 15) is 9.59 Å². The number of ether oxygens (including phenoxy) is 2. The van der Waals surface area contributed by atoms with Crippen molar-refractivity contribution < 1.29 is 23.5 Å². The zero-order valence-corrected chi connectivity index (χ0v) is 20.2. The van der Waals surface area contributed by atoms with Crippen LogP contribution in [0.1, 0.15) is 64.7 Å². The lowest BCUT2D eigenvalue weighted by molar-refractivity contribution is -0.145. The molecule has 0 N–H and O–H groups in total. The number of nitrogens with zero attached hydrogens (tertiary/aromatic N) is 2. The molecular formula is C26H36N2O5. The predicted molar refractivity (Wildman–Crippen MR) is 126 cm³/mol. The highest BCUT2D eigenvalue weighted by Gasteiger charge is 2.28. The van der Waals surface area contributed by atoms with Crippen LogP contribution < -0.4 is 9.47 Å². The molecule has 3 rings (SSSR count). The van der Waals surface area contributed by atoms with E-state index in [1.165, 1.54) is 0 Å². The fourth-order valence-corrected chi connectivity index (χ4v) is 4.03. The van der Waals surface area contributed by atoms with Crippen LogP contribution in [0.5, 0.6) is 11.5 Å². The second-order valence-corrected chi connectivity index (χ2v) is 8.82. The van der Waals surface area contributed by atoms with Gasteiger partial charge in [-0.05, 0) is 56.5 Å². The summed E-state index contributed by atoms with van der Waals surface area (Å²) in [5, 5.41) is 0. The molecule has 180 valence electrons. The molecule has 2 heterocycles. The van der Waals surface area contributed by atoms with E-state index < -0.39 is 0 Å². The number of carbonyl (C=O) groups excluding carboxylic acids is 2. The highest BCUT2D eigenvalue weighted by atomic mass is 16.7. The average Bonchev–Trinajstić information content (AvgIpc) is 3.48. The van der Waals surface area contributed by atoms with Gasteiger partial charge in [0.05, 0.1) is 12.8 Å². The van der Waals surface area contributed by atoms with Gasteiger partial charge in [0, 0.05) is 18.5 Å². The minimum absolute atomic E-state index is 0.0460. The molecule has 2 amide bonds. The summed E-state index contributed by atoms with van der Waals surface area (Å²) >= 11 is 0. The molecule has 7 nitrogen and oxygen atoms in total. The largest absolute Gasteiger partial charge is 0.467 e. The van der Waals surface area contributed by atoms with Gasteiger partial charge in [-0.25, -0.2) is 0 Å². The number of unbranched alkanes of at least 4 members (excludes halogenated alkanes) is 1. The molecule has 0 aliphatic carbocycles. The minimum Gasteiger partial charge on any atom is -0.467 e. The molecular weight excluding hydrogens is 420 g/mol. The maximum atomic E-state index is 13.5. The third-order valence-electron chi connectivity index (χ3n) is 6.05. The summed E-state index contributed by atoms with van der Waals surface area (Å²) in [4.78, 5) is 30.2. The molecule has 7 heteroatoms. The molecule has 2 aromatic rings. The quantitative estimate of drug-likeness (QED) is 0.450. The molecule has 0 saturated carbocycles. The SMILES string of the molecule is CCCC[C@H](CC)C(=O)N(CC(=O)N(Cc1ccc2c(c1)OCO2)Cc1ccco1)C(C)C. The van der Waals surface area contributed by atoms with Crippen LogP contribution in [-0.2, 0) is 22.7 Å². The summed E-state index contributed by atoms with van der Waals surface area (Å²) in [6.45, 7) is 9.06. The lowest BCUT2D eigenvalue weighted by atomic mass is 9.97. The Labute approximate surface area is 196 Å². The van der Waals surface area contributed by atoms with Gasteiger partial charge in [0.2, 0.25) is 18.6 Å². The first-order valence-electron chi connectivity index (χ1n) is 11.9. The van der Waals surface area contributed by atoms with Crippen LogP contribution in [0.25, 0.3) is 0 Å². The van der Waals surface area contributed by atoms with E-state index in [-0.39, 0.29) is 37.1 Å². The zero-order chi connectivity index (χ0) is 23.8. The maximum Gasteiger partial charge on any atom is 0.242 e. The van der Waals surface area contributed by atoms with Gasteiger partial charge in [0.15, 0.2) is 11.5 Å². The molecule has 0 fully saturated rings. The first-order valence-corrected chi connectivity index (χ1v) is 11.9. The summed E-state index contributed by atoms with van der Waals surface area (Å²) in [7, 11) is 0. The molecule has 1 atom stereocenters. The second-order valence-electron chi connectivity index (χ2n) is 8.82. The Balaban J connectivity index is 1.76. The van der Waals surface area contributed by atoms with E-state index in [1.54, 1.807) is 16.1 Å². The Morgan fingerprint density at radius 3 is 2.52 bits per heavy atom. The summed E-state index contributed by atoms with van der Waals surface area (Å²) in [6, 6.07) is 9.28. The van der Waals surface area contributed by atoms with Crippen molar-refractivity contribution in [2.75, 3.05) is 13.3 Å². The number of hydrogen-bond acceptors (Lipinski definition) is 5.